The second kappa shape index (κ2) is 6.70. The molecule has 0 saturated carbocycles. The van der Waals surface area contributed by atoms with E-state index < -0.39 is 0 Å². The van der Waals surface area contributed by atoms with E-state index in [9.17, 15) is 4.39 Å². The summed E-state index contributed by atoms with van der Waals surface area (Å²) in [5.74, 6) is 2.47. The molecule has 78 valence electrons. The van der Waals surface area contributed by atoms with E-state index >= 15 is 0 Å². The molecule has 0 fully saturated rings. The van der Waals surface area contributed by atoms with Gasteiger partial charge in [0.1, 0.15) is 5.82 Å². The normalized spacial score (nSPS) is 10.5. The lowest BCUT2D eigenvalue weighted by Gasteiger charge is -2.02. The van der Waals surface area contributed by atoms with Crippen molar-refractivity contribution in [2.45, 2.75) is 12.2 Å². The summed E-state index contributed by atoms with van der Waals surface area (Å²) in [4.78, 5) is 0. The van der Waals surface area contributed by atoms with Crippen LogP contribution in [0.1, 0.15) is 12.0 Å². The Bertz CT molecular complexity index is 293. The molecule has 0 N–H and O–H groups in total. The molecule has 1 aromatic rings. The van der Waals surface area contributed by atoms with E-state index in [0.29, 0.717) is 10.4 Å². The molecule has 4 heteroatoms. The summed E-state index contributed by atoms with van der Waals surface area (Å²) in [6.45, 7) is 0. The van der Waals surface area contributed by atoms with Crippen molar-refractivity contribution in [2.24, 2.45) is 0 Å². The molecular weight excluding hydrogens is 287 g/mol. The maximum absolute atomic E-state index is 12.9. The molecule has 0 amide bonds. The van der Waals surface area contributed by atoms with Crippen LogP contribution in [0.5, 0.6) is 0 Å². The third-order valence-electron chi connectivity index (χ3n) is 1.68. The minimum absolute atomic E-state index is 0.209. The number of benzene rings is 1. The van der Waals surface area contributed by atoms with Crippen molar-refractivity contribution in [3.8, 4) is 0 Å². The zero-order valence-corrected chi connectivity index (χ0v) is 10.8. The van der Waals surface area contributed by atoms with Gasteiger partial charge in [-0.2, -0.15) is 11.8 Å². The summed E-state index contributed by atoms with van der Waals surface area (Å²) in [6, 6.07) is 5.12. The minimum atomic E-state index is -0.209. The topological polar surface area (TPSA) is 0 Å². The van der Waals surface area contributed by atoms with Gasteiger partial charge < -0.3 is 0 Å². The first-order valence-electron chi connectivity index (χ1n) is 4.31. The van der Waals surface area contributed by atoms with Gasteiger partial charge in [0.05, 0.1) is 4.47 Å². The Balaban J connectivity index is 2.39. The highest BCUT2D eigenvalue weighted by atomic mass is 79.9. The molecule has 0 atom stereocenters. The monoisotopic (exact) mass is 296 g/mol. The van der Waals surface area contributed by atoms with Gasteiger partial charge in [-0.25, -0.2) is 4.39 Å². The Hall–Kier alpha value is 0.270. The third-order valence-corrected chi connectivity index (χ3v) is 3.66. The van der Waals surface area contributed by atoms with Gasteiger partial charge in [-0.1, -0.05) is 6.07 Å². The molecule has 0 aliphatic carbocycles. The fraction of sp³-hybridized carbons (Fsp3) is 0.400. The van der Waals surface area contributed by atoms with E-state index in [2.05, 4.69) is 15.9 Å². The average Bonchev–Trinajstić information content (AvgIpc) is 2.18. The summed E-state index contributed by atoms with van der Waals surface area (Å²) in [6.07, 6.45) is 1.02. The lowest BCUT2D eigenvalue weighted by atomic mass is 10.2. The maximum atomic E-state index is 12.9. The number of halogens is 3. The number of alkyl halides is 1. The fourth-order valence-corrected chi connectivity index (χ4v) is 2.60. The van der Waals surface area contributed by atoms with Crippen molar-refractivity contribution in [3.63, 3.8) is 0 Å². The second-order valence-electron chi connectivity index (χ2n) is 2.84. The first-order valence-corrected chi connectivity index (χ1v) is 6.80. The van der Waals surface area contributed by atoms with Gasteiger partial charge in [-0.15, -0.1) is 11.6 Å². The van der Waals surface area contributed by atoms with E-state index in [4.69, 9.17) is 11.6 Å². The summed E-state index contributed by atoms with van der Waals surface area (Å²) in [5.41, 5.74) is 1.14. The van der Waals surface area contributed by atoms with Crippen LogP contribution in [0.4, 0.5) is 4.39 Å². The Morgan fingerprint density at radius 3 is 2.86 bits per heavy atom. The van der Waals surface area contributed by atoms with Crippen LogP contribution in [0.15, 0.2) is 22.7 Å². The Morgan fingerprint density at radius 2 is 2.21 bits per heavy atom. The number of hydrogen-bond donors (Lipinski definition) is 0. The van der Waals surface area contributed by atoms with Crippen molar-refractivity contribution in [3.05, 3.63) is 34.1 Å². The molecule has 0 aliphatic heterocycles. The summed E-state index contributed by atoms with van der Waals surface area (Å²) in [5, 5.41) is 0. The zero-order valence-electron chi connectivity index (χ0n) is 7.60. The van der Waals surface area contributed by atoms with Crippen LogP contribution in [-0.4, -0.2) is 11.6 Å². The minimum Gasteiger partial charge on any atom is -0.206 e. The molecule has 0 bridgehead atoms. The summed E-state index contributed by atoms with van der Waals surface area (Å²) < 4.78 is 13.4. The molecule has 0 spiro atoms. The third kappa shape index (κ3) is 4.20. The van der Waals surface area contributed by atoms with Crippen LogP contribution in [0.25, 0.3) is 0 Å². The molecule has 0 aliphatic rings. The van der Waals surface area contributed by atoms with Gasteiger partial charge in [-0.3, -0.25) is 0 Å². The van der Waals surface area contributed by atoms with E-state index in [-0.39, 0.29) is 5.82 Å². The predicted octanol–water partition coefficient (Wildman–Crippen LogP) is 4.45. The van der Waals surface area contributed by atoms with Crippen LogP contribution in [0.2, 0.25) is 0 Å². The maximum Gasteiger partial charge on any atom is 0.137 e. The van der Waals surface area contributed by atoms with Crippen LogP contribution in [0, 0.1) is 5.82 Å². The van der Waals surface area contributed by atoms with Crippen LogP contribution in [0.3, 0.4) is 0 Å². The quantitative estimate of drug-likeness (QED) is 0.571. The highest BCUT2D eigenvalue weighted by molar-refractivity contribution is 9.10. The highest BCUT2D eigenvalue weighted by Crippen LogP contribution is 2.20. The van der Waals surface area contributed by atoms with Gasteiger partial charge in [0.2, 0.25) is 0 Å². The molecule has 0 radical (unpaired) electrons. The van der Waals surface area contributed by atoms with Crippen LogP contribution < -0.4 is 0 Å². The second-order valence-corrected chi connectivity index (χ2v) is 5.18. The lowest BCUT2D eigenvalue weighted by Crippen LogP contribution is -1.86. The van der Waals surface area contributed by atoms with Crippen molar-refractivity contribution < 1.29 is 4.39 Å². The van der Waals surface area contributed by atoms with Gasteiger partial charge in [0, 0.05) is 11.6 Å². The van der Waals surface area contributed by atoms with E-state index in [1.54, 1.807) is 0 Å². The number of thioether (sulfide) groups is 1. The zero-order chi connectivity index (χ0) is 10.4. The molecule has 0 heterocycles. The van der Waals surface area contributed by atoms with Crippen molar-refractivity contribution in [1.29, 1.82) is 0 Å². The summed E-state index contributed by atoms with van der Waals surface area (Å²) in [7, 11) is 0. The standard InChI is InChI=1S/C10H11BrClFS/c11-9-6-8(2-3-10(9)13)7-14-5-1-4-12/h2-3,6H,1,4-5,7H2. The Morgan fingerprint density at radius 1 is 1.43 bits per heavy atom. The average molecular weight is 298 g/mol. The molecule has 0 nitrogen and oxygen atoms in total. The lowest BCUT2D eigenvalue weighted by molar-refractivity contribution is 0.620. The molecule has 0 unspecified atom stereocenters. The van der Waals surface area contributed by atoms with E-state index in [1.807, 2.05) is 23.9 Å². The molecule has 14 heavy (non-hydrogen) atoms. The molecule has 0 aromatic heterocycles. The van der Waals surface area contributed by atoms with Crippen LogP contribution >= 0.6 is 39.3 Å². The van der Waals surface area contributed by atoms with Gasteiger partial charge >= 0.3 is 0 Å². The highest BCUT2D eigenvalue weighted by Gasteiger charge is 2.00. The SMILES string of the molecule is Fc1ccc(CSCCCCl)cc1Br. The van der Waals surface area contributed by atoms with Crippen LogP contribution in [-0.2, 0) is 5.75 Å². The van der Waals surface area contributed by atoms with Gasteiger partial charge in [0.15, 0.2) is 0 Å². The Labute approximate surface area is 101 Å². The Kier molecular flexibility index (Phi) is 5.90. The number of rotatable bonds is 5. The molecule has 0 saturated heterocycles. The largest absolute Gasteiger partial charge is 0.206 e. The molecular formula is C10H11BrClFS. The first-order chi connectivity index (χ1) is 6.74. The van der Waals surface area contributed by atoms with Gasteiger partial charge in [0.25, 0.3) is 0 Å². The molecule has 1 rings (SSSR count). The van der Waals surface area contributed by atoms with Crippen molar-refractivity contribution >= 4 is 39.3 Å². The smallest absolute Gasteiger partial charge is 0.137 e. The van der Waals surface area contributed by atoms with Crippen molar-refractivity contribution in [1.82, 2.24) is 0 Å². The fourth-order valence-electron chi connectivity index (χ4n) is 0.976. The summed E-state index contributed by atoms with van der Waals surface area (Å²) >= 11 is 10.5. The van der Waals surface area contributed by atoms with E-state index in [1.165, 1.54) is 6.07 Å². The molecule has 1 aromatic carbocycles. The van der Waals surface area contributed by atoms with Gasteiger partial charge in [-0.05, 0) is 45.8 Å². The van der Waals surface area contributed by atoms with E-state index in [0.717, 1.165) is 23.5 Å². The first kappa shape index (κ1) is 12.3. The number of hydrogen-bond acceptors (Lipinski definition) is 1. The predicted molar refractivity (Wildman–Crippen MR) is 65.6 cm³/mol. The van der Waals surface area contributed by atoms with Crippen molar-refractivity contribution in [2.75, 3.05) is 11.6 Å².